The summed E-state index contributed by atoms with van der Waals surface area (Å²) in [5, 5.41) is 13.9. The molecule has 0 spiro atoms. The number of amides is 2. The highest BCUT2D eigenvalue weighted by Gasteiger charge is 2.27. The third-order valence-corrected chi connectivity index (χ3v) is 5.13. The smallest absolute Gasteiger partial charge is 0.273 e. The van der Waals surface area contributed by atoms with E-state index < -0.39 is 10.8 Å². The standard InChI is InChI=1S/C22H25N3O4/c1-15-11-16(2)14-24(13-15)22(27)18-8-4-5-9-19(18)23-21(26)12-17-7-3-6-10-20(17)25(28)29/h3-10,15-16H,11-14H2,1-2H3,(H,23,26)/t15-,16-/m0/s1. The van der Waals surface area contributed by atoms with E-state index in [1.54, 1.807) is 42.5 Å². The topological polar surface area (TPSA) is 92.6 Å². The van der Waals surface area contributed by atoms with Gasteiger partial charge in [0.05, 0.1) is 22.6 Å². The predicted octanol–water partition coefficient (Wildman–Crippen LogP) is 3.89. The fourth-order valence-corrected chi connectivity index (χ4v) is 3.98. The summed E-state index contributed by atoms with van der Waals surface area (Å²) in [6.07, 6.45) is 0.954. The molecule has 1 aliphatic rings. The first-order chi connectivity index (χ1) is 13.8. The minimum Gasteiger partial charge on any atom is -0.338 e. The highest BCUT2D eigenvalue weighted by atomic mass is 16.6. The lowest BCUT2D eigenvalue weighted by molar-refractivity contribution is -0.385. The number of nitro groups is 1. The monoisotopic (exact) mass is 395 g/mol. The van der Waals surface area contributed by atoms with Crippen LogP contribution in [0.1, 0.15) is 36.2 Å². The first-order valence-corrected chi connectivity index (χ1v) is 9.75. The van der Waals surface area contributed by atoms with Crippen molar-refractivity contribution in [2.75, 3.05) is 18.4 Å². The fourth-order valence-electron chi connectivity index (χ4n) is 3.98. The summed E-state index contributed by atoms with van der Waals surface area (Å²) in [6.45, 7) is 5.66. The molecule has 2 atom stereocenters. The van der Waals surface area contributed by atoms with Gasteiger partial charge in [-0.25, -0.2) is 0 Å². The first kappa shape index (κ1) is 20.5. The van der Waals surface area contributed by atoms with Crippen molar-refractivity contribution >= 4 is 23.2 Å². The van der Waals surface area contributed by atoms with Gasteiger partial charge >= 0.3 is 0 Å². The van der Waals surface area contributed by atoms with E-state index >= 15 is 0 Å². The van der Waals surface area contributed by atoms with Crippen molar-refractivity contribution in [1.82, 2.24) is 4.90 Å². The van der Waals surface area contributed by atoms with E-state index in [-0.39, 0.29) is 18.0 Å². The second-order valence-electron chi connectivity index (χ2n) is 7.81. The number of carbonyl (C=O) groups excluding carboxylic acids is 2. The van der Waals surface area contributed by atoms with E-state index in [9.17, 15) is 19.7 Å². The molecule has 29 heavy (non-hydrogen) atoms. The quantitative estimate of drug-likeness (QED) is 0.614. The summed E-state index contributed by atoms with van der Waals surface area (Å²) in [5.74, 6) is 0.357. The Kier molecular flexibility index (Phi) is 6.26. The van der Waals surface area contributed by atoms with Crippen molar-refractivity contribution in [3.05, 3.63) is 69.8 Å². The molecule has 7 nitrogen and oxygen atoms in total. The van der Waals surface area contributed by atoms with Gasteiger partial charge in [-0.2, -0.15) is 0 Å². The van der Waals surface area contributed by atoms with Gasteiger partial charge < -0.3 is 10.2 Å². The van der Waals surface area contributed by atoms with Crippen LogP contribution in [0, 0.1) is 22.0 Å². The van der Waals surface area contributed by atoms with Crippen molar-refractivity contribution in [2.24, 2.45) is 11.8 Å². The van der Waals surface area contributed by atoms with Crippen molar-refractivity contribution in [3.63, 3.8) is 0 Å². The Morgan fingerprint density at radius 1 is 1.07 bits per heavy atom. The van der Waals surface area contributed by atoms with Crippen LogP contribution < -0.4 is 5.32 Å². The first-order valence-electron chi connectivity index (χ1n) is 9.75. The van der Waals surface area contributed by atoms with Crippen LogP contribution >= 0.6 is 0 Å². The Bertz CT molecular complexity index is 918. The molecule has 2 amide bonds. The van der Waals surface area contributed by atoms with Gasteiger partial charge in [0.2, 0.25) is 5.91 Å². The van der Waals surface area contributed by atoms with Gasteiger partial charge in [0.1, 0.15) is 0 Å². The molecule has 2 aromatic carbocycles. The van der Waals surface area contributed by atoms with Gasteiger partial charge in [0.25, 0.3) is 11.6 Å². The largest absolute Gasteiger partial charge is 0.338 e. The molecule has 2 aromatic rings. The summed E-state index contributed by atoms with van der Waals surface area (Å²) < 4.78 is 0. The van der Waals surface area contributed by atoms with Gasteiger partial charge in [-0.15, -0.1) is 0 Å². The van der Waals surface area contributed by atoms with Crippen molar-refractivity contribution in [1.29, 1.82) is 0 Å². The molecule has 152 valence electrons. The Hall–Kier alpha value is -3.22. The lowest BCUT2D eigenvalue weighted by atomic mass is 9.91. The van der Waals surface area contributed by atoms with Gasteiger partial charge in [0, 0.05) is 24.7 Å². The third-order valence-electron chi connectivity index (χ3n) is 5.13. The second-order valence-corrected chi connectivity index (χ2v) is 7.81. The summed E-state index contributed by atoms with van der Waals surface area (Å²) in [7, 11) is 0. The number of rotatable bonds is 5. The number of nitro benzene ring substituents is 1. The van der Waals surface area contributed by atoms with Crippen molar-refractivity contribution in [3.8, 4) is 0 Å². The summed E-state index contributed by atoms with van der Waals surface area (Å²) >= 11 is 0. The molecule has 0 saturated carbocycles. The summed E-state index contributed by atoms with van der Waals surface area (Å²) in [6, 6.07) is 13.1. The van der Waals surface area contributed by atoms with Crippen LogP contribution in [-0.4, -0.2) is 34.7 Å². The molecular weight excluding hydrogens is 370 g/mol. The molecule has 3 rings (SSSR count). The lowest BCUT2D eigenvalue weighted by Crippen LogP contribution is -2.42. The van der Waals surface area contributed by atoms with Crippen LogP contribution in [0.3, 0.4) is 0 Å². The van der Waals surface area contributed by atoms with Crippen LogP contribution in [0.25, 0.3) is 0 Å². The maximum atomic E-state index is 13.1. The summed E-state index contributed by atoms with van der Waals surface area (Å²) in [4.78, 5) is 38.1. The Morgan fingerprint density at radius 3 is 2.38 bits per heavy atom. The van der Waals surface area contributed by atoms with Gasteiger partial charge in [-0.05, 0) is 30.4 Å². The number of carbonyl (C=O) groups is 2. The molecule has 1 saturated heterocycles. The van der Waals surface area contributed by atoms with Crippen LogP contribution in [-0.2, 0) is 11.2 Å². The van der Waals surface area contributed by atoms with Crippen LogP contribution in [0.5, 0.6) is 0 Å². The number of benzene rings is 2. The second kappa shape index (κ2) is 8.86. The fraction of sp³-hybridized carbons (Fsp3) is 0.364. The predicted molar refractivity (Wildman–Crippen MR) is 111 cm³/mol. The van der Waals surface area contributed by atoms with E-state index in [0.29, 0.717) is 41.7 Å². The molecule has 1 N–H and O–H groups in total. The highest BCUT2D eigenvalue weighted by Crippen LogP contribution is 2.25. The molecule has 0 aliphatic carbocycles. The van der Waals surface area contributed by atoms with E-state index in [1.165, 1.54) is 6.07 Å². The van der Waals surface area contributed by atoms with E-state index in [0.717, 1.165) is 6.42 Å². The number of anilines is 1. The van der Waals surface area contributed by atoms with Crippen molar-refractivity contribution in [2.45, 2.75) is 26.7 Å². The summed E-state index contributed by atoms with van der Waals surface area (Å²) in [5.41, 5.74) is 1.09. The molecule has 7 heteroatoms. The number of hydrogen-bond acceptors (Lipinski definition) is 4. The van der Waals surface area contributed by atoms with E-state index in [4.69, 9.17) is 0 Å². The van der Waals surface area contributed by atoms with Gasteiger partial charge in [-0.1, -0.05) is 44.2 Å². The minimum atomic E-state index is -0.501. The Balaban J connectivity index is 1.76. The number of para-hydroxylation sites is 2. The highest BCUT2D eigenvalue weighted by molar-refractivity contribution is 6.04. The third kappa shape index (κ3) is 4.99. The molecule has 0 unspecified atom stereocenters. The maximum Gasteiger partial charge on any atom is 0.273 e. The average molecular weight is 395 g/mol. The maximum absolute atomic E-state index is 13.1. The molecule has 0 aromatic heterocycles. The van der Waals surface area contributed by atoms with E-state index in [1.807, 2.05) is 4.90 Å². The molecule has 1 fully saturated rings. The average Bonchev–Trinajstić information content (AvgIpc) is 2.67. The Labute approximate surface area is 169 Å². The number of nitrogens with one attached hydrogen (secondary N) is 1. The Morgan fingerprint density at radius 2 is 1.69 bits per heavy atom. The van der Waals surface area contributed by atoms with Crippen LogP contribution in [0.15, 0.2) is 48.5 Å². The lowest BCUT2D eigenvalue weighted by Gasteiger charge is -2.35. The zero-order valence-corrected chi connectivity index (χ0v) is 16.6. The molecule has 0 bridgehead atoms. The molecule has 1 heterocycles. The van der Waals surface area contributed by atoms with Gasteiger partial charge in [0.15, 0.2) is 0 Å². The minimum absolute atomic E-state index is 0.0942. The number of hydrogen-bond donors (Lipinski definition) is 1. The SMILES string of the molecule is C[C@H]1C[C@H](C)CN(C(=O)c2ccccc2NC(=O)Cc2ccccc2[N+](=O)[O-])C1. The van der Waals surface area contributed by atoms with E-state index in [2.05, 4.69) is 19.2 Å². The van der Waals surface area contributed by atoms with Crippen molar-refractivity contribution < 1.29 is 14.5 Å². The molecule has 0 radical (unpaired) electrons. The zero-order valence-electron chi connectivity index (χ0n) is 16.6. The van der Waals surface area contributed by atoms with Crippen LogP contribution in [0.2, 0.25) is 0 Å². The van der Waals surface area contributed by atoms with Crippen LogP contribution in [0.4, 0.5) is 11.4 Å². The normalized spacial score (nSPS) is 18.9. The zero-order chi connectivity index (χ0) is 21.0. The molecule has 1 aliphatic heterocycles. The molecular formula is C22H25N3O4. The number of likely N-dealkylation sites (tertiary alicyclic amines) is 1. The van der Waals surface area contributed by atoms with Gasteiger partial charge in [-0.3, -0.25) is 19.7 Å². The number of nitrogens with zero attached hydrogens (tertiary/aromatic N) is 2. The number of piperidine rings is 1.